The molecule has 0 bridgehead atoms. The highest BCUT2D eigenvalue weighted by atomic mass is 35.5. The minimum absolute atomic E-state index is 0.0253. The van der Waals surface area contributed by atoms with Crippen LogP contribution in [-0.4, -0.2) is 29.3 Å². The summed E-state index contributed by atoms with van der Waals surface area (Å²) in [5, 5.41) is 10.9. The maximum Gasteiger partial charge on any atom is 0.294 e. The number of nitrogens with two attached hydrogens (primary N) is 1. The summed E-state index contributed by atoms with van der Waals surface area (Å²) >= 11 is 5.83. The number of halogens is 1. The first-order valence-corrected chi connectivity index (χ1v) is 6.26. The Balaban J connectivity index is 2.28. The van der Waals surface area contributed by atoms with E-state index in [9.17, 15) is 14.9 Å². The summed E-state index contributed by atoms with van der Waals surface area (Å²) in [6.45, 7) is 0.661. The van der Waals surface area contributed by atoms with E-state index in [4.69, 9.17) is 17.3 Å². The standard InChI is InChI=1S/C12H14ClN3O3/c1-15(6-7-2-3-7)12(17)8-4-9(13)11(14)10(5-8)16(18)19/h4-5,7H,2-3,6,14H2,1H3. The molecule has 0 aliphatic heterocycles. The van der Waals surface area contributed by atoms with Crippen molar-refractivity contribution in [2.45, 2.75) is 12.8 Å². The van der Waals surface area contributed by atoms with Gasteiger partial charge in [0, 0.05) is 25.2 Å². The van der Waals surface area contributed by atoms with E-state index in [-0.39, 0.29) is 27.9 Å². The molecule has 0 radical (unpaired) electrons. The van der Waals surface area contributed by atoms with E-state index in [1.54, 1.807) is 11.9 Å². The van der Waals surface area contributed by atoms with Gasteiger partial charge in [0.1, 0.15) is 5.69 Å². The van der Waals surface area contributed by atoms with Crippen LogP contribution < -0.4 is 5.73 Å². The zero-order valence-electron chi connectivity index (χ0n) is 10.4. The molecule has 0 aromatic heterocycles. The minimum atomic E-state index is -0.640. The van der Waals surface area contributed by atoms with Crippen LogP contribution in [0.25, 0.3) is 0 Å². The van der Waals surface area contributed by atoms with Gasteiger partial charge in [0.2, 0.25) is 0 Å². The molecule has 2 rings (SSSR count). The molecule has 102 valence electrons. The summed E-state index contributed by atoms with van der Waals surface area (Å²) in [7, 11) is 1.68. The Morgan fingerprint density at radius 1 is 1.58 bits per heavy atom. The van der Waals surface area contributed by atoms with Gasteiger partial charge in [0.05, 0.1) is 9.95 Å². The smallest absolute Gasteiger partial charge is 0.294 e. The number of nitro benzene ring substituents is 1. The molecule has 1 saturated carbocycles. The zero-order valence-corrected chi connectivity index (χ0v) is 11.2. The van der Waals surface area contributed by atoms with Crippen molar-refractivity contribution in [1.82, 2.24) is 4.90 Å². The predicted octanol–water partition coefficient (Wildman–Crippen LogP) is 2.31. The third kappa shape index (κ3) is 2.96. The van der Waals surface area contributed by atoms with Crippen molar-refractivity contribution >= 4 is 28.9 Å². The lowest BCUT2D eigenvalue weighted by atomic mass is 10.1. The van der Waals surface area contributed by atoms with Gasteiger partial charge in [-0.2, -0.15) is 0 Å². The molecule has 2 N–H and O–H groups in total. The van der Waals surface area contributed by atoms with Gasteiger partial charge in [-0.1, -0.05) is 11.6 Å². The highest BCUT2D eigenvalue weighted by molar-refractivity contribution is 6.34. The molecule has 1 aromatic rings. The largest absolute Gasteiger partial charge is 0.392 e. The summed E-state index contributed by atoms with van der Waals surface area (Å²) in [4.78, 5) is 23.9. The lowest BCUT2D eigenvalue weighted by molar-refractivity contribution is -0.383. The van der Waals surface area contributed by atoms with Gasteiger partial charge in [-0.3, -0.25) is 14.9 Å². The van der Waals surface area contributed by atoms with Gasteiger partial charge in [-0.15, -0.1) is 0 Å². The van der Waals surface area contributed by atoms with Gasteiger partial charge in [0.15, 0.2) is 0 Å². The molecule has 1 fully saturated rings. The number of amides is 1. The first-order valence-electron chi connectivity index (χ1n) is 5.89. The Hall–Kier alpha value is -1.82. The van der Waals surface area contributed by atoms with E-state index >= 15 is 0 Å². The summed E-state index contributed by atoms with van der Waals surface area (Å²) in [5.41, 5.74) is 5.25. The summed E-state index contributed by atoms with van der Waals surface area (Å²) in [6.07, 6.45) is 2.25. The molecular formula is C12H14ClN3O3. The molecule has 1 aliphatic carbocycles. The molecule has 0 atom stereocenters. The average molecular weight is 284 g/mol. The first kappa shape index (κ1) is 13.6. The number of carbonyl (C=O) groups excluding carboxylic acids is 1. The number of nitrogens with zero attached hydrogens (tertiary/aromatic N) is 2. The van der Waals surface area contributed by atoms with Gasteiger partial charge < -0.3 is 10.6 Å². The van der Waals surface area contributed by atoms with Crippen LogP contribution in [-0.2, 0) is 0 Å². The SMILES string of the molecule is CN(CC1CC1)C(=O)c1cc(Cl)c(N)c([N+](=O)[O-])c1. The van der Waals surface area contributed by atoms with Gasteiger partial charge in [0.25, 0.3) is 11.6 Å². The zero-order chi connectivity index (χ0) is 14.2. The van der Waals surface area contributed by atoms with Crippen LogP contribution in [0.2, 0.25) is 5.02 Å². The second-order valence-corrected chi connectivity index (χ2v) is 5.18. The van der Waals surface area contributed by atoms with E-state index in [0.717, 1.165) is 12.8 Å². The van der Waals surface area contributed by atoms with Crippen molar-refractivity contribution in [1.29, 1.82) is 0 Å². The molecule has 7 heteroatoms. The molecular weight excluding hydrogens is 270 g/mol. The Bertz CT molecular complexity index is 543. The lowest BCUT2D eigenvalue weighted by Crippen LogP contribution is -2.28. The molecule has 1 aliphatic rings. The Kier molecular flexibility index (Phi) is 3.61. The minimum Gasteiger partial charge on any atom is -0.392 e. The number of benzene rings is 1. The summed E-state index contributed by atoms with van der Waals surface area (Å²) in [6, 6.07) is 2.54. The van der Waals surface area contributed by atoms with Crippen molar-refractivity contribution in [2.75, 3.05) is 19.3 Å². The Labute approximate surface area is 115 Å². The number of carbonyl (C=O) groups is 1. The van der Waals surface area contributed by atoms with Gasteiger partial charge >= 0.3 is 0 Å². The van der Waals surface area contributed by atoms with Crippen molar-refractivity contribution in [3.8, 4) is 0 Å². The molecule has 0 heterocycles. The molecule has 6 nitrogen and oxygen atoms in total. The van der Waals surface area contributed by atoms with Crippen molar-refractivity contribution in [2.24, 2.45) is 5.92 Å². The fourth-order valence-electron chi connectivity index (χ4n) is 1.87. The van der Waals surface area contributed by atoms with Gasteiger partial charge in [-0.05, 0) is 24.8 Å². The Morgan fingerprint density at radius 3 is 2.74 bits per heavy atom. The van der Waals surface area contributed by atoms with E-state index < -0.39 is 4.92 Å². The van der Waals surface area contributed by atoms with E-state index in [2.05, 4.69) is 0 Å². The van der Waals surface area contributed by atoms with Gasteiger partial charge in [-0.25, -0.2) is 0 Å². The number of nitrogen functional groups attached to an aromatic ring is 1. The maximum absolute atomic E-state index is 12.2. The van der Waals surface area contributed by atoms with Crippen LogP contribution in [0.4, 0.5) is 11.4 Å². The quantitative estimate of drug-likeness (QED) is 0.521. The monoisotopic (exact) mass is 283 g/mol. The van der Waals surface area contributed by atoms with Crippen LogP contribution >= 0.6 is 11.6 Å². The van der Waals surface area contributed by atoms with Crippen LogP contribution in [0.1, 0.15) is 23.2 Å². The number of rotatable bonds is 4. The molecule has 1 amide bonds. The molecule has 0 saturated heterocycles. The summed E-state index contributed by atoms with van der Waals surface area (Å²) in [5.74, 6) is 0.269. The van der Waals surface area contributed by atoms with Crippen LogP contribution in [0, 0.1) is 16.0 Å². The van der Waals surface area contributed by atoms with Crippen LogP contribution in [0.5, 0.6) is 0 Å². The number of hydrogen-bond donors (Lipinski definition) is 1. The third-order valence-electron chi connectivity index (χ3n) is 3.13. The lowest BCUT2D eigenvalue weighted by Gasteiger charge is -2.17. The Morgan fingerprint density at radius 2 is 2.21 bits per heavy atom. The van der Waals surface area contributed by atoms with E-state index in [1.807, 2.05) is 0 Å². The van der Waals surface area contributed by atoms with Crippen molar-refractivity contribution < 1.29 is 9.72 Å². The third-order valence-corrected chi connectivity index (χ3v) is 3.44. The fourth-order valence-corrected chi connectivity index (χ4v) is 2.08. The highest BCUT2D eigenvalue weighted by Gasteiger charge is 2.26. The molecule has 0 spiro atoms. The van der Waals surface area contributed by atoms with Crippen molar-refractivity contribution in [3.63, 3.8) is 0 Å². The van der Waals surface area contributed by atoms with Crippen LogP contribution in [0.15, 0.2) is 12.1 Å². The predicted molar refractivity (Wildman–Crippen MR) is 72.2 cm³/mol. The molecule has 0 unspecified atom stereocenters. The van der Waals surface area contributed by atoms with Crippen LogP contribution in [0.3, 0.4) is 0 Å². The number of anilines is 1. The van der Waals surface area contributed by atoms with E-state index in [0.29, 0.717) is 12.5 Å². The molecule has 19 heavy (non-hydrogen) atoms. The fraction of sp³-hybridized carbons (Fsp3) is 0.417. The maximum atomic E-state index is 12.2. The first-order chi connectivity index (χ1) is 8.90. The van der Waals surface area contributed by atoms with Crippen molar-refractivity contribution in [3.05, 3.63) is 32.8 Å². The summed E-state index contributed by atoms with van der Waals surface area (Å²) < 4.78 is 0. The number of nitro groups is 1. The number of hydrogen-bond acceptors (Lipinski definition) is 4. The van der Waals surface area contributed by atoms with E-state index in [1.165, 1.54) is 12.1 Å². The second kappa shape index (κ2) is 5.05. The normalized spacial score (nSPS) is 14.2. The topological polar surface area (TPSA) is 89.5 Å². The highest BCUT2D eigenvalue weighted by Crippen LogP contribution is 2.32. The average Bonchev–Trinajstić information content (AvgIpc) is 3.14. The second-order valence-electron chi connectivity index (χ2n) is 4.78. The molecule has 1 aromatic carbocycles.